The predicted molar refractivity (Wildman–Crippen MR) is 112 cm³/mol. The van der Waals surface area contributed by atoms with E-state index in [1.54, 1.807) is 0 Å². The number of rotatable bonds is 8. The van der Waals surface area contributed by atoms with Crippen molar-refractivity contribution in [2.45, 2.75) is 39.8 Å². The van der Waals surface area contributed by atoms with Crippen molar-refractivity contribution in [1.82, 2.24) is 20.0 Å². The van der Waals surface area contributed by atoms with Crippen molar-refractivity contribution < 1.29 is 0 Å². The number of piperazine rings is 1. The van der Waals surface area contributed by atoms with Crippen LogP contribution in [0, 0.1) is 0 Å². The molecule has 2 rings (SSSR count). The topological polar surface area (TPSA) is 34.1 Å². The maximum Gasteiger partial charge on any atom is 0.193 e. The van der Waals surface area contributed by atoms with E-state index in [1.165, 1.54) is 50.1 Å². The molecule has 1 aromatic rings. The Bertz CT molecular complexity index is 532. The van der Waals surface area contributed by atoms with Crippen LogP contribution in [0.1, 0.15) is 37.8 Å². The van der Waals surface area contributed by atoms with Crippen LogP contribution in [0.4, 0.5) is 0 Å². The van der Waals surface area contributed by atoms with Crippen molar-refractivity contribution in [2.75, 3.05) is 53.4 Å². The number of benzene rings is 1. The van der Waals surface area contributed by atoms with Crippen LogP contribution in [0.2, 0.25) is 0 Å². The highest BCUT2D eigenvalue weighted by molar-refractivity contribution is 5.79. The molecule has 0 aromatic heterocycles. The lowest BCUT2D eigenvalue weighted by atomic mass is 10.1. The van der Waals surface area contributed by atoms with Gasteiger partial charge in [-0.05, 0) is 31.5 Å². The highest BCUT2D eigenvalue weighted by atomic mass is 15.3. The van der Waals surface area contributed by atoms with Crippen LogP contribution in [0.15, 0.2) is 29.3 Å². The fraction of sp³-hybridized carbons (Fsp3) is 0.667. The van der Waals surface area contributed by atoms with Gasteiger partial charge in [-0.25, -0.2) is 4.99 Å². The minimum Gasteiger partial charge on any atom is -0.357 e. The van der Waals surface area contributed by atoms with Crippen LogP contribution in [-0.2, 0) is 13.1 Å². The average Bonchev–Trinajstić information content (AvgIpc) is 2.66. The van der Waals surface area contributed by atoms with Gasteiger partial charge in [0.25, 0.3) is 0 Å². The molecule has 1 aliphatic heterocycles. The maximum absolute atomic E-state index is 4.81. The van der Waals surface area contributed by atoms with Gasteiger partial charge in [0.05, 0.1) is 6.54 Å². The molecule has 146 valence electrons. The van der Waals surface area contributed by atoms with Gasteiger partial charge in [0, 0.05) is 52.9 Å². The lowest BCUT2D eigenvalue weighted by Gasteiger charge is -2.32. The molecule has 1 N–H and O–H groups in total. The molecule has 0 atom stereocenters. The smallest absolute Gasteiger partial charge is 0.193 e. The molecule has 0 saturated carbocycles. The SMILES string of the molecule is CCCCN(C)C(=NCc1ccc(CN2CCN(C)CC2)cc1)NCC. The summed E-state index contributed by atoms with van der Waals surface area (Å²) >= 11 is 0. The molecule has 0 unspecified atom stereocenters. The van der Waals surface area contributed by atoms with Crippen LogP contribution in [0.25, 0.3) is 0 Å². The van der Waals surface area contributed by atoms with E-state index in [0.717, 1.165) is 32.1 Å². The van der Waals surface area contributed by atoms with Crippen molar-refractivity contribution in [1.29, 1.82) is 0 Å². The molecule has 26 heavy (non-hydrogen) atoms. The zero-order chi connectivity index (χ0) is 18.8. The summed E-state index contributed by atoms with van der Waals surface area (Å²) in [6.07, 6.45) is 2.40. The Morgan fingerprint density at radius 2 is 1.73 bits per heavy atom. The second kappa shape index (κ2) is 11.2. The number of hydrogen-bond acceptors (Lipinski definition) is 3. The number of nitrogens with zero attached hydrogens (tertiary/aromatic N) is 4. The van der Waals surface area contributed by atoms with Crippen molar-refractivity contribution in [3.63, 3.8) is 0 Å². The second-order valence-electron chi connectivity index (χ2n) is 7.34. The third-order valence-corrected chi connectivity index (χ3v) is 4.98. The number of unbranched alkanes of at least 4 members (excludes halogenated alkanes) is 1. The summed E-state index contributed by atoms with van der Waals surface area (Å²) in [7, 11) is 4.32. The van der Waals surface area contributed by atoms with Gasteiger partial charge >= 0.3 is 0 Å². The van der Waals surface area contributed by atoms with Crippen LogP contribution < -0.4 is 5.32 Å². The Morgan fingerprint density at radius 1 is 1.08 bits per heavy atom. The summed E-state index contributed by atoms with van der Waals surface area (Å²) < 4.78 is 0. The van der Waals surface area contributed by atoms with Gasteiger partial charge in [0.2, 0.25) is 0 Å². The summed E-state index contributed by atoms with van der Waals surface area (Å²) in [5.74, 6) is 1.00. The molecule has 5 nitrogen and oxygen atoms in total. The van der Waals surface area contributed by atoms with Crippen molar-refractivity contribution >= 4 is 5.96 Å². The standard InChI is InChI=1S/C21H37N5/c1-5-7-12-25(4)21(22-6-2)23-17-19-8-10-20(11-9-19)18-26-15-13-24(3)14-16-26/h8-11H,5-7,12-18H2,1-4H3,(H,22,23). The lowest BCUT2D eigenvalue weighted by molar-refractivity contribution is 0.148. The third kappa shape index (κ3) is 6.96. The first-order chi connectivity index (χ1) is 12.6. The van der Waals surface area contributed by atoms with Crippen LogP contribution in [-0.4, -0.2) is 74.0 Å². The second-order valence-corrected chi connectivity index (χ2v) is 7.34. The quantitative estimate of drug-likeness (QED) is 0.572. The highest BCUT2D eigenvalue weighted by Crippen LogP contribution is 2.10. The Labute approximate surface area is 160 Å². The van der Waals surface area contributed by atoms with Gasteiger partial charge in [-0.2, -0.15) is 0 Å². The molecule has 5 heteroatoms. The van der Waals surface area contributed by atoms with E-state index in [0.29, 0.717) is 0 Å². The highest BCUT2D eigenvalue weighted by Gasteiger charge is 2.13. The maximum atomic E-state index is 4.81. The monoisotopic (exact) mass is 359 g/mol. The number of hydrogen-bond donors (Lipinski definition) is 1. The van der Waals surface area contributed by atoms with Gasteiger partial charge in [-0.1, -0.05) is 37.6 Å². The number of aliphatic imine (C=N–C) groups is 1. The normalized spacial score (nSPS) is 16.7. The fourth-order valence-corrected chi connectivity index (χ4v) is 3.15. The van der Waals surface area contributed by atoms with Crippen molar-refractivity contribution in [3.8, 4) is 0 Å². The molecular formula is C21H37N5. The van der Waals surface area contributed by atoms with Crippen molar-refractivity contribution in [2.24, 2.45) is 4.99 Å². The Balaban J connectivity index is 1.88. The summed E-state index contributed by atoms with van der Waals surface area (Å²) in [5.41, 5.74) is 2.67. The van der Waals surface area contributed by atoms with E-state index in [1.807, 2.05) is 0 Å². The van der Waals surface area contributed by atoms with E-state index < -0.39 is 0 Å². The van der Waals surface area contributed by atoms with E-state index in [-0.39, 0.29) is 0 Å². The van der Waals surface area contributed by atoms with Gasteiger partial charge in [0.15, 0.2) is 5.96 Å². The first kappa shape index (κ1) is 20.7. The summed E-state index contributed by atoms with van der Waals surface area (Å²) in [6, 6.07) is 8.98. The number of guanidine groups is 1. The predicted octanol–water partition coefficient (Wildman–Crippen LogP) is 2.63. The molecule has 1 heterocycles. The van der Waals surface area contributed by atoms with Gasteiger partial charge in [0.1, 0.15) is 0 Å². The molecule has 0 bridgehead atoms. The number of nitrogens with one attached hydrogen (secondary N) is 1. The fourth-order valence-electron chi connectivity index (χ4n) is 3.15. The molecule has 0 radical (unpaired) electrons. The van der Waals surface area contributed by atoms with E-state index >= 15 is 0 Å². The van der Waals surface area contributed by atoms with Crippen LogP contribution >= 0.6 is 0 Å². The van der Waals surface area contributed by atoms with E-state index in [2.05, 4.69) is 72.2 Å². The van der Waals surface area contributed by atoms with Crippen molar-refractivity contribution in [3.05, 3.63) is 35.4 Å². The molecule has 0 spiro atoms. The molecule has 1 aromatic carbocycles. The Morgan fingerprint density at radius 3 is 2.35 bits per heavy atom. The van der Waals surface area contributed by atoms with Crippen LogP contribution in [0.3, 0.4) is 0 Å². The minimum absolute atomic E-state index is 0.730. The Hall–Kier alpha value is -1.59. The van der Waals surface area contributed by atoms with E-state index in [9.17, 15) is 0 Å². The first-order valence-electron chi connectivity index (χ1n) is 10.1. The number of likely N-dealkylation sites (N-methyl/N-ethyl adjacent to an activating group) is 1. The minimum atomic E-state index is 0.730. The summed E-state index contributed by atoms with van der Waals surface area (Å²) in [4.78, 5) is 12.0. The van der Waals surface area contributed by atoms with Crippen LogP contribution in [0.5, 0.6) is 0 Å². The Kier molecular flexibility index (Phi) is 8.92. The molecular weight excluding hydrogens is 322 g/mol. The van der Waals surface area contributed by atoms with Gasteiger partial charge < -0.3 is 15.1 Å². The summed E-state index contributed by atoms with van der Waals surface area (Å²) in [5, 5.41) is 3.40. The zero-order valence-corrected chi connectivity index (χ0v) is 17.2. The molecule has 1 aliphatic rings. The summed E-state index contributed by atoms with van der Waals surface area (Å²) in [6.45, 7) is 12.8. The lowest BCUT2D eigenvalue weighted by Crippen LogP contribution is -2.43. The molecule has 0 amide bonds. The molecule has 0 aliphatic carbocycles. The van der Waals surface area contributed by atoms with Gasteiger partial charge in [-0.3, -0.25) is 4.90 Å². The molecule has 1 fully saturated rings. The zero-order valence-electron chi connectivity index (χ0n) is 17.2. The average molecular weight is 360 g/mol. The largest absolute Gasteiger partial charge is 0.357 e. The molecule has 1 saturated heterocycles. The van der Waals surface area contributed by atoms with E-state index in [4.69, 9.17) is 4.99 Å². The first-order valence-corrected chi connectivity index (χ1v) is 10.1. The third-order valence-electron chi connectivity index (χ3n) is 4.98. The van der Waals surface area contributed by atoms with Gasteiger partial charge in [-0.15, -0.1) is 0 Å².